The van der Waals surface area contributed by atoms with Crippen LogP contribution in [0.3, 0.4) is 0 Å². The maximum Gasteiger partial charge on any atom is 0.253 e. The van der Waals surface area contributed by atoms with Crippen LogP contribution in [0.4, 0.5) is 0 Å². The van der Waals surface area contributed by atoms with E-state index in [1.165, 1.54) is 0 Å². The maximum absolute atomic E-state index is 11.6. The van der Waals surface area contributed by atoms with Crippen molar-refractivity contribution in [2.75, 3.05) is 24.7 Å². The lowest BCUT2D eigenvalue weighted by Gasteiger charge is -2.11. The normalized spacial score (nSPS) is 12.1. The largest absolute Gasteiger partial charge is 0.396 e. The third-order valence-corrected chi connectivity index (χ3v) is 3.11. The summed E-state index contributed by atoms with van der Waals surface area (Å²) in [6.07, 6.45) is -1.11. The van der Waals surface area contributed by atoms with Crippen LogP contribution in [0.15, 0.2) is 30.3 Å². The molecule has 0 aromatic heterocycles. The number of carbonyl (C=O) groups excluding carboxylic acids is 1. The van der Waals surface area contributed by atoms with Gasteiger partial charge >= 0.3 is 0 Å². The number of aliphatic hydroxyl groups excluding tert-OH is 2. The molecule has 3 N–H and O–H groups in total. The Morgan fingerprint density at radius 3 is 2.65 bits per heavy atom. The summed E-state index contributed by atoms with van der Waals surface area (Å²) < 4.78 is 0. The number of rotatable bonds is 7. The Morgan fingerprint density at radius 2 is 2.00 bits per heavy atom. The Kier molecular flexibility index (Phi) is 6.69. The van der Waals surface area contributed by atoms with Crippen LogP contribution in [0.2, 0.25) is 0 Å². The van der Waals surface area contributed by atoms with E-state index in [2.05, 4.69) is 5.32 Å². The molecule has 0 radical (unpaired) electrons. The zero-order valence-corrected chi connectivity index (χ0v) is 10.3. The highest BCUT2D eigenvalue weighted by atomic mass is 32.2. The van der Waals surface area contributed by atoms with Crippen LogP contribution in [-0.2, 0) is 4.79 Å². The monoisotopic (exact) mass is 255 g/mol. The van der Waals surface area contributed by atoms with Crippen LogP contribution in [0, 0.1) is 0 Å². The summed E-state index contributed by atoms with van der Waals surface area (Å²) in [5, 5.41) is 20.9. The summed E-state index contributed by atoms with van der Waals surface area (Å²) in [6, 6.07) is 8.82. The average Bonchev–Trinajstić information content (AvgIpc) is 2.38. The van der Waals surface area contributed by atoms with Gasteiger partial charge in [-0.25, -0.2) is 0 Å². The summed E-state index contributed by atoms with van der Waals surface area (Å²) in [7, 11) is 0. The third kappa shape index (κ3) is 5.21. The van der Waals surface area contributed by atoms with Crippen LogP contribution < -0.4 is 5.32 Å². The van der Waals surface area contributed by atoms with Crippen LogP contribution in [0.1, 0.15) is 11.7 Å². The van der Waals surface area contributed by atoms with Gasteiger partial charge in [-0.1, -0.05) is 30.3 Å². The van der Waals surface area contributed by atoms with Crippen LogP contribution in [0.5, 0.6) is 0 Å². The van der Waals surface area contributed by atoms with E-state index in [9.17, 15) is 9.90 Å². The fourth-order valence-corrected chi connectivity index (χ4v) is 1.88. The molecule has 1 rings (SSSR count). The Balaban J connectivity index is 2.28. The van der Waals surface area contributed by atoms with Gasteiger partial charge in [-0.05, 0) is 5.56 Å². The van der Waals surface area contributed by atoms with Crippen LogP contribution >= 0.6 is 11.8 Å². The van der Waals surface area contributed by atoms with Crippen LogP contribution in [-0.4, -0.2) is 40.8 Å². The minimum Gasteiger partial charge on any atom is -0.396 e. The minimum atomic E-state index is -1.11. The van der Waals surface area contributed by atoms with E-state index in [1.54, 1.807) is 36.0 Å². The Bertz CT molecular complexity index is 332. The van der Waals surface area contributed by atoms with E-state index in [1.807, 2.05) is 6.07 Å². The number of amides is 1. The summed E-state index contributed by atoms with van der Waals surface area (Å²) >= 11 is 1.56. The quantitative estimate of drug-likeness (QED) is 0.623. The van der Waals surface area contributed by atoms with E-state index in [0.717, 1.165) is 5.75 Å². The van der Waals surface area contributed by atoms with E-state index in [4.69, 9.17) is 5.11 Å². The molecule has 5 heteroatoms. The maximum atomic E-state index is 11.6. The van der Waals surface area contributed by atoms with Gasteiger partial charge in [0.05, 0.1) is 6.61 Å². The Labute approximate surface area is 105 Å². The Morgan fingerprint density at radius 1 is 1.29 bits per heavy atom. The molecule has 1 aromatic carbocycles. The van der Waals surface area contributed by atoms with Crippen molar-refractivity contribution in [3.63, 3.8) is 0 Å². The standard InChI is InChI=1S/C12H17NO3S/c14-7-9-17-8-6-13-12(16)11(15)10-4-2-1-3-5-10/h1-5,11,14-15H,6-9H2,(H,13,16). The van der Waals surface area contributed by atoms with Crippen molar-refractivity contribution < 1.29 is 15.0 Å². The van der Waals surface area contributed by atoms with Gasteiger partial charge in [-0.3, -0.25) is 4.79 Å². The zero-order valence-electron chi connectivity index (χ0n) is 9.50. The smallest absolute Gasteiger partial charge is 0.253 e. The molecule has 4 nitrogen and oxygen atoms in total. The number of aliphatic hydroxyl groups is 2. The molecule has 94 valence electrons. The predicted octanol–water partition coefficient (Wildman–Crippen LogP) is 0.562. The lowest BCUT2D eigenvalue weighted by molar-refractivity contribution is -0.129. The molecule has 1 amide bonds. The second-order valence-corrected chi connectivity index (χ2v) is 4.66. The highest BCUT2D eigenvalue weighted by molar-refractivity contribution is 7.99. The minimum absolute atomic E-state index is 0.144. The first kappa shape index (κ1) is 14.0. The second-order valence-electron chi connectivity index (χ2n) is 3.44. The molecule has 17 heavy (non-hydrogen) atoms. The van der Waals surface area contributed by atoms with Gasteiger partial charge in [0.2, 0.25) is 0 Å². The SMILES string of the molecule is O=C(NCCSCCO)C(O)c1ccccc1. The van der Waals surface area contributed by atoms with Gasteiger partial charge in [-0.2, -0.15) is 11.8 Å². The van der Waals surface area contributed by atoms with Crippen LogP contribution in [0.25, 0.3) is 0 Å². The first-order chi connectivity index (χ1) is 8.25. The molecule has 1 atom stereocenters. The highest BCUT2D eigenvalue weighted by Gasteiger charge is 2.15. The fraction of sp³-hybridized carbons (Fsp3) is 0.417. The third-order valence-electron chi connectivity index (χ3n) is 2.14. The van der Waals surface area contributed by atoms with Crippen molar-refractivity contribution in [3.05, 3.63) is 35.9 Å². The molecule has 0 heterocycles. The number of nitrogens with one attached hydrogen (secondary N) is 1. The fourth-order valence-electron chi connectivity index (χ4n) is 1.30. The van der Waals surface area contributed by atoms with Gasteiger partial charge in [0.15, 0.2) is 6.10 Å². The molecule has 0 aliphatic heterocycles. The van der Waals surface area contributed by atoms with Crippen molar-refractivity contribution in [2.24, 2.45) is 0 Å². The first-order valence-electron chi connectivity index (χ1n) is 5.45. The van der Waals surface area contributed by atoms with E-state index >= 15 is 0 Å². The van der Waals surface area contributed by atoms with E-state index in [0.29, 0.717) is 17.9 Å². The van der Waals surface area contributed by atoms with E-state index in [-0.39, 0.29) is 12.5 Å². The van der Waals surface area contributed by atoms with Gasteiger partial charge in [-0.15, -0.1) is 0 Å². The molecule has 0 bridgehead atoms. The van der Waals surface area contributed by atoms with Crippen molar-refractivity contribution in [3.8, 4) is 0 Å². The molecule has 0 aliphatic carbocycles. The highest BCUT2D eigenvalue weighted by Crippen LogP contribution is 2.11. The molecule has 1 aromatic rings. The van der Waals surface area contributed by atoms with Gasteiger partial charge in [0, 0.05) is 18.1 Å². The van der Waals surface area contributed by atoms with Gasteiger partial charge < -0.3 is 15.5 Å². The molecule has 0 saturated heterocycles. The van der Waals surface area contributed by atoms with Gasteiger partial charge in [0.1, 0.15) is 0 Å². The molecule has 0 aliphatic rings. The molecule has 0 fully saturated rings. The Hall–Kier alpha value is -1.04. The number of carbonyl (C=O) groups is 1. The lowest BCUT2D eigenvalue weighted by Crippen LogP contribution is -2.31. The summed E-state index contributed by atoms with van der Waals surface area (Å²) in [5.74, 6) is 1.01. The molecule has 0 saturated carbocycles. The summed E-state index contributed by atoms with van der Waals surface area (Å²) in [6.45, 7) is 0.638. The van der Waals surface area contributed by atoms with Crippen molar-refractivity contribution in [2.45, 2.75) is 6.10 Å². The number of thioether (sulfide) groups is 1. The van der Waals surface area contributed by atoms with Crippen molar-refractivity contribution in [1.82, 2.24) is 5.32 Å². The van der Waals surface area contributed by atoms with Crippen molar-refractivity contribution in [1.29, 1.82) is 0 Å². The number of hydrogen-bond acceptors (Lipinski definition) is 4. The summed E-state index contributed by atoms with van der Waals surface area (Å²) in [5.41, 5.74) is 0.591. The van der Waals surface area contributed by atoms with Gasteiger partial charge in [0.25, 0.3) is 5.91 Å². The number of hydrogen-bond donors (Lipinski definition) is 3. The van der Waals surface area contributed by atoms with Crippen molar-refractivity contribution >= 4 is 17.7 Å². The molecule has 0 spiro atoms. The first-order valence-corrected chi connectivity index (χ1v) is 6.60. The topological polar surface area (TPSA) is 69.6 Å². The second kappa shape index (κ2) is 8.11. The molecular weight excluding hydrogens is 238 g/mol. The predicted molar refractivity (Wildman–Crippen MR) is 68.8 cm³/mol. The number of benzene rings is 1. The lowest BCUT2D eigenvalue weighted by atomic mass is 10.1. The average molecular weight is 255 g/mol. The molecular formula is C12H17NO3S. The zero-order chi connectivity index (χ0) is 12.5. The van der Waals surface area contributed by atoms with E-state index < -0.39 is 6.10 Å². The molecule has 1 unspecified atom stereocenters. The summed E-state index contributed by atoms with van der Waals surface area (Å²) in [4.78, 5) is 11.6.